The summed E-state index contributed by atoms with van der Waals surface area (Å²) in [5.41, 5.74) is 5.94. The number of nitrogens with zero attached hydrogens (tertiary/aromatic N) is 2. The van der Waals surface area contributed by atoms with Crippen LogP contribution < -0.4 is 5.73 Å². The Labute approximate surface area is 109 Å². The highest BCUT2D eigenvalue weighted by Gasteiger charge is 2.39. The van der Waals surface area contributed by atoms with Gasteiger partial charge >= 0.3 is 0 Å². The van der Waals surface area contributed by atoms with Crippen LogP contribution in [0.5, 0.6) is 0 Å². The van der Waals surface area contributed by atoms with Crippen molar-refractivity contribution in [2.24, 2.45) is 17.6 Å². The lowest BCUT2D eigenvalue weighted by atomic mass is 9.71. The molecule has 1 aromatic rings. The Balaban J connectivity index is 2.14. The molecule has 102 valence electrons. The second-order valence-corrected chi connectivity index (χ2v) is 6.28. The van der Waals surface area contributed by atoms with E-state index in [4.69, 9.17) is 10.3 Å². The van der Waals surface area contributed by atoms with Gasteiger partial charge in [-0.3, -0.25) is 0 Å². The van der Waals surface area contributed by atoms with Crippen molar-refractivity contribution in [3.63, 3.8) is 0 Å². The van der Waals surface area contributed by atoms with E-state index in [-0.39, 0.29) is 5.41 Å². The van der Waals surface area contributed by atoms with Crippen molar-refractivity contribution in [1.29, 1.82) is 0 Å². The van der Waals surface area contributed by atoms with E-state index in [0.717, 1.165) is 36.9 Å². The Kier molecular flexibility index (Phi) is 4.05. The summed E-state index contributed by atoms with van der Waals surface area (Å²) in [6.45, 7) is 7.25. The minimum Gasteiger partial charge on any atom is -0.339 e. The molecule has 1 saturated carbocycles. The summed E-state index contributed by atoms with van der Waals surface area (Å²) in [5, 5.41) is 4.10. The van der Waals surface area contributed by atoms with Crippen LogP contribution in [0.25, 0.3) is 0 Å². The highest BCUT2D eigenvalue weighted by atomic mass is 16.5. The van der Waals surface area contributed by atoms with Gasteiger partial charge in [0.2, 0.25) is 5.89 Å². The molecule has 0 bridgehead atoms. The number of aromatic nitrogens is 2. The van der Waals surface area contributed by atoms with Crippen LogP contribution in [0.4, 0.5) is 0 Å². The van der Waals surface area contributed by atoms with Gasteiger partial charge in [-0.1, -0.05) is 25.9 Å². The van der Waals surface area contributed by atoms with Gasteiger partial charge in [-0.25, -0.2) is 0 Å². The van der Waals surface area contributed by atoms with Gasteiger partial charge in [0.1, 0.15) is 0 Å². The molecule has 0 aliphatic heterocycles. The predicted molar refractivity (Wildman–Crippen MR) is 71.2 cm³/mol. The molecule has 2 rings (SSSR count). The van der Waals surface area contributed by atoms with Crippen molar-refractivity contribution in [3.05, 3.63) is 11.7 Å². The first-order valence-electron chi connectivity index (χ1n) is 7.09. The van der Waals surface area contributed by atoms with E-state index >= 15 is 0 Å². The first kappa shape index (κ1) is 13.5. The molecule has 1 aliphatic rings. The highest BCUT2D eigenvalue weighted by molar-refractivity contribution is 5.08. The van der Waals surface area contributed by atoms with E-state index in [1.165, 1.54) is 12.8 Å². The fourth-order valence-corrected chi connectivity index (χ4v) is 2.74. The van der Waals surface area contributed by atoms with Crippen molar-refractivity contribution in [1.82, 2.24) is 10.1 Å². The molecule has 0 saturated heterocycles. The molecular weight excluding hydrogens is 226 g/mol. The van der Waals surface area contributed by atoms with Crippen molar-refractivity contribution in [3.8, 4) is 0 Å². The maximum absolute atomic E-state index is 6.00. The molecular formula is C14H25N3O. The normalized spacial score (nSPS) is 28.8. The van der Waals surface area contributed by atoms with E-state index in [1.807, 2.05) is 0 Å². The van der Waals surface area contributed by atoms with Crippen molar-refractivity contribution in [2.75, 3.05) is 6.54 Å². The van der Waals surface area contributed by atoms with Crippen LogP contribution in [-0.4, -0.2) is 16.7 Å². The Morgan fingerprint density at radius 3 is 2.61 bits per heavy atom. The van der Waals surface area contributed by atoms with Crippen molar-refractivity contribution in [2.45, 2.75) is 58.3 Å². The molecule has 1 aliphatic carbocycles. The molecule has 4 nitrogen and oxygen atoms in total. The maximum atomic E-state index is 6.00. The first-order valence-corrected chi connectivity index (χ1v) is 7.09. The molecule has 1 heterocycles. The van der Waals surface area contributed by atoms with E-state index in [9.17, 15) is 0 Å². The van der Waals surface area contributed by atoms with Crippen LogP contribution in [-0.2, 0) is 11.8 Å². The SMILES string of the molecule is CC(C)Cc1noc(C2(CN)CCC(C)CC2)n1. The molecule has 2 N–H and O–H groups in total. The minimum absolute atomic E-state index is 0.0608. The first-order chi connectivity index (χ1) is 8.55. The summed E-state index contributed by atoms with van der Waals surface area (Å²) in [4.78, 5) is 4.58. The van der Waals surface area contributed by atoms with Gasteiger partial charge < -0.3 is 10.3 Å². The molecule has 0 spiro atoms. The van der Waals surface area contributed by atoms with Gasteiger partial charge in [0.05, 0.1) is 5.41 Å². The third kappa shape index (κ3) is 2.74. The molecule has 0 aromatic carbocycles. The highest BCUT2D eigenvalue weighted by Crippen LogP contribution is 2.40. The minimum atomic E-state index is -0.0608. The number of rotatable bonds is 4. The second kappa shape index (κ2) is 5.39. The fraction of sp³-hybridized carbons (Fsp3) is 0.857. The molecule has 0 amide bonds. The second-order valence-electron chi connectivity index (χ2n) is 6.28. The van der Waals surface area contributed by atoms with Gasteiger partial charge in [-0.05, 0) is 37.5 Å². The van der Waals surface area contributed by atoms with Crippen LogP contribution in [0.2, 0.25) is 0 Å². The zero-order valence-corrected chi connectivity index (χ0v) is 11.8. The van der Waals surface area contributed by atoms with Crippen molar-refractivity contribution >= 4 is 0 Å². The standard InChI is InChI=1S/C14H25N3O/c1-10(2)8-12-16-13(18-17-12)14(9-15)6-4-11(3)5-7-14/h10-11H,4-9,15H2,1-3H3. The van der Waals surface area contributed by atoms with Gasteiger partial charge in [0, 0.05) is 13.0 Å². The smallest absolute Gasteiger partial charge is 0.234 e. The summed E-state index contributed by atoms with van der Waals surface area (Å²) in [6.07, 6.45) is 5.45. The average molecular weight is 251 g/mol. The summed E-state index contributed by atoms with van der Waals surface area (Å²) < 4.78 is 5.49. The molecule has 1 fully saturated rings. The van der Waals surface area contributed by atoms with Gasteiger partial charge in [0.15, 0.2) is 5.82 Å². The molecule has 0 atom stereocenters. The molecule has 1 aromatic heterocycles. The summed E-state index contributed by atoms with van der Waals surface area (Å²) in [6, 6.07) is 0. The average Bonchev–Trinajstić information content (AvgIpc) is 2.79. The fourth-order valence-electron chi connectivity index (χ4n) is 2.74. The Morgan fingerprint density at radius 2 is 2.06 bits per heavy atom. The Bertz CT molecular complexity index is 378. The monoisotopic (exact) mass is 251 g/mol. The largest absolute Gasteiger partial charge is 0.339 e. The lowest BCUT2D eigenvalue weighted by Crippen LogP contribution is -2.39. The summed E-state index contributed by atoms with van der Waals surface area (Å²) >= 11 is 0. The quantitative estimate of drug-likeness (QED) is 0.893. The summed E-state index contributed by atoms with van der Waals surface area (Å²) in [5.74, 6) is 2.94. The zero-order chi connectivity index (χ0) is 13.2. The molecule has 0 unspecified atom stereocenters. The van der Waals surface area contributed by atoms with Crippen LogP contribution in [0, 0.1) is 11.8 Å². The van der Waals surface area contributed by atoms with E-state index in [0.29, 0.717) is 12.5 Å². The lowest BCUT2D eigenvalue weighted by molar-refractivity contribution is 0.191. The predicted octanol–water partition coefficient (Wildman–Crippen LogP) is 2.67. The number of hydrogen-bond acceptors (Lipinski definition) is 4. The Hall–Kier alpha value is -0.900. The van der Waals surface area contributed by atoms with Gasteiger partial charge in [-0.15, -0.1) is 0 Å². The topological polar surface area (TPSA) is 64.9 Å². The van der Waals surface area contributed by atoms with Gasteiger partial charge in [0.25, 0.3) is 0 Å². The molecule has 18 heavy (non-hydrogen) atoms. The number of hydrogen-bond donors (Lipinski definition) is 1. The number of nitrogens with two attached hydrogens (primary N) is 1. The van der Waals surface area contributed by atoms with Crippen LogP contribution in [0.1, 0.15) is 58.2 Å². The van der Waals surface area contributed by atoms with Gasteiger partial charge in [-0.2, -0.15) is 4.98 Å². The summed E-state index contributed by atoms with van der Waals surface area (Å²) in [7, 11) is 0. The van der Waals surface area contributed by atoms with E-state index in [2.05, 4.69) is 30.9 Å². The molecule has 4 heteroatoms. The van der Waals surface area contributed by atoms with E-state index in [1.54, 1.807) is 0 Å². The Morgan fingerprint density at radius 1 is 1.39 bits per heavy atom. The van der Waals surface area contributed by atoms with E-state index < -0.39 is 0 Å². The molecule has 0 radical (unpaired) electrons. The maximum Gasteiger partial charge on any atom is 0.234 e. The third-order valence-electron chi connectivity index (χ3n) is 4.13. The zero-order valence-electron chi connectivity index (χ0n) is 11.8. The van der Waals surface area contributed by atoms with Crippen LogP contribution in [0.15, 0.2) is 4.52 Å². The van der Waals surface area contributed by atoms with Crippen molar-refractivity contribution < 1.29 is 4.52 Å². The third-order valence-corrected chi connectivity index (χ3v) is 4.13. The lowest BCUT2D eigenvalue weighted by Gasteiger charge is -2.35. The van der Waals surface area contributed by atoms with Crippen LogP contribution >= 0.6 is 0 Å². The van der Waals surface area contributed by atoms with Crippen LogP contribution in [0.3, 0.4) is 0 Å².